The summed E-state index contributed by atoms with van der Waals surface area (Å²) in [5, 5.41) is 0. The first kappa shape index (κ1) is 11.8. The summed E-state index contributed by atoms with van der Waals surface area (Å²) in [6, 6.07) is 0. The second-order valence-electron chi connectivity index (χ2n) is 4.07. The smallest absolute Gasteiger partial charge is 0.221 e. The Morgan fingerprint density at radius 1 is 1.40 bits per heavy atom. The molecular weight excluding hydrogens is 190 g/mol. The molecule has 0 saturated heterocycles. The molecule has 1 rings (SSSR count). The highest BCUT2D eigenvalue weighted by Gasteiger charge is 2.04. The van der Waals surface area contributed by atoms with Crippen molar-refractivity contribution >= 4 is 5.82 Å². The first-order chi connectivity index (χ1) is 7.11. The van der Waals surface area contributed by atoms with E-state index in [4.69, 9.17) is 10.5 Å². The summed E-state index contributed by atoms with van der Waals surface area (Å²) < 4.78 is 5.54. The monoisotopic (exact) mass is 209 g/mol. The van der Waals surface area contributed by atoms with Gasteiger partial charge in [-0.25, -0.2) is 9.97 Å². The summed E-state index contributed by atoms with van der Waals surface area (Å²) in [6.45, 7) is 6.96. The van der Waals surface area contributed by atoms with E-state index in [1.54, 1.807) is 0 Å². The molecule has 0 bridgehead atoms. The zero-order valence-electron chi connectivity index (χ0n) is 9.66. The molecule has 15 heavy (non-hydrogen) atoms. The summed E-state index contributed by atoms with van der Waals surface area (Å²) in [6.07, 6.45) is 3.64. The van der Waals surface area contributed by atoms with Crippen molar-refractivity contribution in [2.24, 2.45) is 5.92 Å². The molecule has 0 aliphatic heterocycles. The van der Waals surface area contributed by atoms with Gasteiger partial charge in [-0.1, -0.05) is 13.8 Å². The van der Waals surface area contributed by atoms with E-state index >= 15 is 0 Å². The van der Waals surface area contributed by atoms with E-state index in [0.29, 0.717) is 24.2 Å². The van der Waals surface area contributed by atoms with E-state index in [2.05, 4.69) is 23.8 Å². The SMILES string of the molecule is Cc1c(N)ncnc1OCCCC(C)C. The lowest BCUT2D eigenvalue weighted by Crippen LogP contribution is -2.05. The quantitative estimate of drug-likeness (QED) is 0.755. The Balaban J connectivity index is 2.41. The molecule has 4 nitrogen and oxygen atoms in total. The van der Waals surface area contributed by atoms with E-state index < -0.39 is 0 Å². The summed E-state index contributed by atoms with van der Waals surface area (Å²) in [5.41, 5.74) is 6.46. The minimum atomic E-state index is 0.490. The van der Waals surface area contributed by atoms with E-state index in [1.165, 1.54) is 12.7 Å². The first-order valence-corrected chi connectivity index (χ1v) is 5.31. The van der Waals surface area contributed by atoms with Crippen molar-refractivity contribution in [2.75, 3.05) is 12.3 Å². The van der Waals surface area contributed by atoms with Crippen molar-refractivity contribution in [3.05, 3.63) is 11.9 Å². The maximum Gasteiger partial charge on any atom is 0.221 e. The second-order valence-corrected chi connectivity index (χ2v) is 4.07. The van der Waals surface area contributed by atoms with Gasteiger partial charge in [0.1, 0.15) is 12.1 Å². The van der Waals surface area contributed by atoms with Crippen LogP contribution >= 0.6 is 0 Å². The number of anilines is 1. The third-order valence-corrected chi connectivity index (χ3v) is 2.24. The molecule has 0 saturated carbocycles. The van der Waals surface area contributed by atoms with Crippen LogP contribution in [0.5, 0.6) is 5.88 Å². The van der Waals surface area contributed by atoms with Crippen LogP contribution in [0.25, 0.3) is 0 Å². The molecule has 1 aromatic rings. The maximum atomic E-state index is 5.64. The molecule has 1 aromatic heterocycles. The third-order valence-electron chi connectivity index (χ3n) is 2.24. The fraction of sp³-hybridized carbons (Fsp3) is 0.636. The predicted molar refractivity (Wildman–Crippen MR) is 60.7 cm³/mol. The number of nitrogens with two attached hydrogens (primary N) is 1. The number of nitrogen functional groups attached to an aromatic ring is 1. The zero-order chi connectivity index (χ0) is 11.3. The van der Waals surface area contributed by atoms with Crippen LogP contribution in [0.2, 0.25) is 0 Å². The Labute approximate surface area is 90.9 Å². The Morgan fingerprint density at radius 2 is 2.13 bits per heavy atom. The normalized spacial score (nSPS) is 10.7. The van der Waals surface area contributed by atoms with Gasteiger partial charge < -0.3 is 10.5 Å². The number of hydrogen-bond donors (Lipinski definition) is 1. The van der Waals surface area contributed by atoms with Gasteiger partial charge in [0.15, 0.2) is 0 Å². The van der Waals surface area contributed by atoms with Crippen LogP contribution in [0.3, 0.4) is 0 Å². The van der Waals surface area contributed by atoms with Crippen LogP contribution in [0.1, 0.15) is 32.3 Å². The van der Waals surface area contributed by atoms with Crippen molar-refractivity contribution in [2.45, 2.75) is 33.6 Å². The number of aromatic nitrogens is 2. The van der Waals surface area contributed by atoms with Crippen molar-refractivity contribution in [3.63, 3.8) is 0 Å². The highest BCUT2D eigenvalue weighted by Crippen LogP contribution is 2.17. The second kappa shape index (κ2) is 5.53. The van der Waals surface area contributed by atoms with Crippen LogP contribution in [0, 0.1) is 12.8 Å². The average molecular weight is 209 g/mol. The van der Waals surface area contributed by atoms with Crippen LogP contribution in [0.15, 0.2) is 6.33 Å². The van der Waals surface area contributed by atoms with Crippen LogP contribution in [-0.4, -0.2) is 16.6 Å². The van der Waals surface area contributed by atoms with Crippen LogP contribution in [-0.2, 0) is 0 Å². The van der Waals surface area contributed by atoms with Crippen molar-refractivity contribution in [3.8, 4) is 5.88 Å². The molecule has 84 valence electrons. The first-order valence-electron chi connectivity index (χ1n) is 5.31. The number of rotatable bonds is 5. The fourth-order valence-corrected chi connectivity index (χ4v) is 1.25. The fourth-order valence-electron chi connectivity index (χ4n) is 1.25. The van der Waals surface area contributed by atoms with Crippen molar-refractivity contribution < 1.29 is 4.74 Å². The molecule has 2 N–H and O–H groups in total. The molecule has 0 amide bonds. The summed E-state index contributed by atoms with van der Waals surface area (Å²) in [5.74, 6) is 1.81. The van der Waals surface area contributed by atoms with Gasteiger partial charge >= 0.3 is 0 Å². The molecule has 0 aromatic carbocycles. The molecule has 0 spiro atoms. The van der Waals surface area contributed by atoms with Gasteiger partial charge in [-0.2, -0.15) is 0 Å². The summed E-state index contributed by atoms with van der Waals surface area (Å²) in [7, 11) is 0. The average Bonchev–Trinajstić information content (AvgIpc) is 2.18. The van der Waals surface area contributed by atoms with Crippen molar-refractivity contribution in [1.29, 1.82) is 0 Å². The third kappa shape index (κ3) is 3.73. The lowest BCUT2D eigenvalue weighted by molar-refractivity contribution is 0.285. The summed E-state index contributed by atoms with van der Waals surface area (Å²) in [4.78, 5) is 7.92. The molecule has 0 fully saturated rings. The van der Waals surface area contributed by atoms with Crippen molar-refractivity contribution in [1.82, 2.24) is 9.97 Å². The van der Waals surface area contributed by atoms with Gasteiger partial charge in [0.25, 0.3) is 0 Å². The van der Waals surface area contributed by atoms with Gasteiger partial charge in [0.05, 0.1) is 12.2 Å². The predicted octanol–water partition coefficient (Wildman–Crippen LogP) is 2.18. The van der Waals surface area contributed by atoms with E-state index in [9.17, 15) is 0 Å². The number of nitrogens with zero attached hydrogens (tertiary/aromatic N) is 2. The van der Waals surface area contributed by atoms with Gasteiger partial charge in [0, 0.05) is 0 Å². The summed E-state index contributed by atoms with van der Waals surface area (Å²) >= 11 is 0. The minimum Gasteiger partial charge on any atom is -0.477 e. The Kier molecular flexibility index (Phi) is 4.34. The van der Waals surface area contributed by atoms with Gasteiger partial charge in [-0.3, -0.25) is 0 Å². The molecule has 0 atom stereocenters. The lowest BCUT2D eigenvalue weighted by Gasteiger charge is -2.09. The highest BCUT2D eigenvalue weighted by molar-refractivity contribution is 5.42. The number of hydrogen-bond acceptors (Lipinski definition) is 4. The molecule has 0 aliphatic rings. The Bertz CT molecular complexity index is 313. The highest BCUT2D eigenvalue weighted by atomic mass is 16.5. The topological polar surface area (TPSA) is 61.0 Å². The van der Waals surface area contributed by atoms with E-state index in [-0.39, 0.29) is 0 Å². The number of ether oxygens (including phenoxy) is 1. The standard InChI is InChI=1S/C11H19N3O/c1-8(2)5-4-6-15-11-9(3)10(12)13-7-14-11/h7-8H,4-6H2,1-3H3,(H2,12,13,14). The molecule has 0 aliphatic carbocycles. The zero-order valence-corrected chi connectivity index (χ0v) is 9.66. The maximum absolute atomic E-state index is 5.64. The molecule has 1 heterocycles. The largest absolute Gasteiger partial charge is 0.477 e. The molecular formula is C11H19N3O. The van der Waals surface area contributed by atoms with E-state index in [0.717, 1.165) is 12.0 Å². The minimum absolute atomic E-state index is 0.490. The van der Waals surface area contributed by atoms with E-state index in [1.807, 2.05) is 6.92 Å². The van der Waals surface area contributed by atoms with Gasteiger partial charge in [0.2, 0.25) is 5.88 Å². The lowest BCUT2D eigenvalue weighted by atomic mass is 10.1. The van der Waals surface area contributed by atoms with Gasteiger partial charge in [-0.15, -0.1) is 0 Å². The van der Waals surface area contributed by atoms with Crippen LogP contribution < -0.4 is 10.5 Å². The Hall–Kier alpha value is -1.32. The van der Waals surface area contributed by atoms with Gasteiger partial charge in [-0.05, 0) is 25.7 Å². The van der Waals surface area contributed by atoms with Crippen LogP contribution in [0.4, 0.5) is 5.82 Å². The molecule has 0 radical (unpaired) electrons. The Morgan fingerprint density at radius 3 is 2.80 bits per heavy atom. The molecule has 4 heteroatoms. The molecule has 0 unspecified atom stereocenters.